The molecule has 4 unspecified atom stereocenters. The van der Waals surface area contributed by atoms with Crippen molar-refractivity contribution in [2.45, 2.75) is 37.8 Å². The van der Waals surface area contributed by atoms with E-state index in [1.165, 1.54) is 31.4 Å². The second-order valence-corrected chi connectivity index (χ2v) is 10.0. The van der Waals surface area contributed by atoms with E-state index in [1.807, 2.05) is 18.2 Å². The first kappa shape index (κ1) is 21.7. The highest BCUT2D eigenvalue weighted by molar-refractivity contribution is 5.82. The molecule has 4 atom stereocenters. The molecule has 6 rings (SSSR count). The number of hydrogen-bond donors (Lipinski definition) is 1. The highest BCUT2D eigenvalue weighted by Crippen LogP contribution is 2.39. The lowest BCUT2D eigenvalue weighted by molar-refractivity contribution is -0.131. The first-order valence-electron chi connectivity index (χ1n) is 12.6. The number of hydrogen-bond acceptors (Lipinski definition) is 5. The van der Waals surface area contributed by atoms with Gasteiger partial charge in [-0.3, -0.25) is 9.69 Å². The number of carbonyl (C=O) groups is 1. The quantitative estimate of drug-likeness (QED) is 0.752. The molecule has 7 heteroatoms. The number of carbonyl (C=O) groups excluding carboxylic acids is 1. The van der Waals surface area contributed by atoms with E-state index in [0.29, 0.717) is 19.8 Å². The normalized spacial score (nSPS) is 29.0. The Morgan fingerprint density at radius 1 is 0.941 bits per heavy atom. The van der Waals surface area contributed by atoms with Gasteiger partial charge in [-0.25, -0.2) is 4.39 Å². The topological polar surface area (TPSA) is 54.0 Å². The molecule has 180 valence electrons. The zero-order valence-electron chi connectivity index (χ0n) is 19.4. The second-order valence-electron chi connectivity index (χ2n) is 10.0. The third-order valence-corrected chi connectivity index (χ3v) is 7.95. The van der Waals surface area contributed by atoms with Gasteiger partial charge in [0.2, 0.25) is 5.91 Å². The van der Waals surface area contributed by atoms with Crippen molar-refractivity contribution in [1.29, 1.82) is 0 Å². The molecule has 2 aromatic carbocycles. The highest BCUT2D eigenvalue weighted by atomic mass is 19.1. The van der Waals surface area contributed by atoms with Crippen LogP contribution in [0.4, 0.5) is 10.1 Å². The molecule has 4 heterocycles. The lowest BCUT2D eigenvalue weighted by Gasteiger charge is -2.47. The Kier molecular flexibility index (Phi) is 5.81. The Morgan fingerprint density at radius 3 is 2.50 bits per heavy atom. The van der Waals surface area contributed by atoms with Gasteiger partial charge < -0.3 is 19.7 Å². The molecule has 2 aromatic rings. The summed E-state index contributed by atoms with van der Waals surface area (Å²) in [6.07, 6.45) is 4.46. The largest absolute Gasteiger partial charge is 0.486 e. The van der Waals surface area contributed by atoms with Crippen molar-refractivity contribution in [2.75, 3.05) is 44.3 Å². The van der Waals surface area contributed by atoms with E-state index in [1.54, 1.807) is 0 Å². The van der Waals surface area contributed by atoms with E-state index >= 15 is 0 Å². The summed E-state index contributed by atoms with van der Waals surface area (Å²) in [5, 5.41) is 3.41. The van der Waals surface area contributed by atoms with Crippen molar-refractivity contribution in [3.63, 3.8) is 0 Å². The number of rotatable bonds is 4. The molecule has 34 heavy (non-hydrogen) atoms. The standard InChI is InChI=1S/C27H32FN3O3/c28-19-5-7-20(8-6-19)31-16-21-22(17-31)27(32)29-23(26(21)30-10-2-1-3-11-30)14-18-4-9-24-25(15-18)34-13-12-33-24/h4-9,15,21-23,26H,1-3,10-14,16-17H2,(H,29,32). The summed E-state index contributed by atoms with van der Waals surface area (Å²) in [4.78, 5) is 18.2. The van der Waals surface area contributed by atoms with Crippen molar-refractivity contribution in [1.82, 2.24) is 10.2 Å². The van der Waals surface area contributed by atoms with Gasteiger partial charge in [0.1, 0.15) is 19.0 Å². The van der Waals surface area contributed by atoms with Crippen molar-refractivity contribution in [2.24, 2.45) is 11.8 Å². The van der Waals surface area contributed by atoms with Gasteiger partial charge in [0, 0.05) is 36.8 Å². The van der Waals surface area contributed by atoms with Crippen LogP contribution in [0.25, 0.3) is 0 Å². The molecule has 0 aromatic heterocycles. The molecule has 1 amide bonds. The predicted molar refractivity (Wildman–Crippen MR) is 128 cm³/mol. The van der Waals surface area contributed by atoms with E-state index in [-0.39, 0.29) is 35.6 Å². The zero-order chi connectivity index (χ0) is 23.1. The number of fused-ring (bicyclic) bond motifs is 2. The molecular weight excluding hydrogens is 433 g/mol. The summed E-state index contributed by atoms with van der Waals surface area (Å²) < 4.78 is 25.0. The first-order chi connectivity index (χ1) is 16.7. The molecule has 6 nitrogen and oxygen atoms in total. The SMILES string of the molecule is O=C1NC(Cc2ccc3c(c2)OCCO3)C(N2CCCCC2)C2CN(c3ccc(F)cc3)CC12. The van der Waals surface area contributed by atoms with Gasteiger partial charge >= 0.3 is 0 Å². The smallest absolute Gasteiger partial charge is 0.225 e. The number of anilines is 1. The fourth-order valence-corrected chi connectivity index (χ4v) is 6.37. The summed E-state index contributed by atoms with van der Waals surface area (Å²) in [5.41, 5.74) is 2.15. The van der Waals surface area contributed by atoms with Crippen LogP contribution < -0.4 is 19.7 Å². The van der Waals surface area contributed by atoms with E-state index in [2.05, 4.69) is 27.2 Å². The molecule has 0 saturated carbocycles. The van der Waals surface area contributed by atoms with Crippen molar-refractivity contribution < 1.29 is 18.7 Å². The fourth-order valence-electron chi connectivity index (χ4n) is 6.37. The predicted octanol–water partition coefficient (Wildman–Crippen LogP) is 3.24. The number of amides is 1. The van der Waals surface area contributed by atoms with Crippen LogP contribution in [0.15, 0.2) is 42.5 Å². The summed E-state index contributed by atoms with van der Waals surface area (Å²) >= 11 is 0. The Bertz CT molecular complexity index is 1040. The number of nitrogens with zero attached hydrogens (tertiary/aromatic N) is 2. The number of ether oxygens (including phenoxy) is 2. The minimum Gasteiger partial charge on any atom is -0.486 e. The first-order valence-corrected chi connectivity index (χ1v) is 12.6. The van der Waals surface area contributed by atoms with Crippen LogP contribution in [0, 0.1) is 17.7 Å². The summed E-state index contributed by atoms with van der Waals surface area (Å²) in [6.45, 7) is 4.81. The number of piperidine rings is 2. The van der Waals surface area contributed by atoms with Crippen molar-refractivity contribution in [3.8, 4) is 11.5 Å². The van der Waals surface area contributed by atoms with Crippen molar-refractivity contribution >= 4 is 11.6 Å². The molecule has 4 aliphatic heterocycles. The summed E-state index contributed by atoms with van der Waals surface area (Å²) in [6, 6.07) is 13.1. The Labute approximate surface area is 200 Å². The van der Waals surface area contributed by atoms with Crippen LogP contribution in [0.5, 0.6) is 11.5 Å². The molecule has 0 bridgehead atoms. The molecule has 0 aliphatic carbocycles. The molecular formula is C27H32FN3O3. The second kappa shape index (κ2) is 9.10. The Hall–Kier alpha value is -2.80. The van der Waals surface area contributed by atoms with E-state index in [0.717, 1.165) is 48.8 Å². The summed E-state index contributed by atoms with van der Waals surface area (Å²) in [7, 11) is 0. The van der Waals surface area contributed by atoms with Gasteiger partial charge in [-0.1, -0.05) is 12.5 Å². The monoisotopic (exact) mass is 465 g/mol. The molecule has 4 aliphatic rings. The number of likely N-dealkylation sites (tertiary alicyclic amines) is 1. The van der Waals surface area contributed by atoms with Crippen LogP contribution >= 0.6 is 0 Å². The van der Waals surface area contributed by atoms with Gasteiger partial charge in [0.25, 0.3) is 0 Å². The van der Waals surface area contributed by atoms with Gasteiger partial charge in [0.15, 0.2) is 11.5 Å². The minimum absolute atomic E-state index is 0.0441. The average Bonchev–Trinajstić information content (AvgIpc) is 3.31. The third-order valence-electron chi connectivity index (χ3n) is 7.95. The number of benzene rings is 2. The van der Waals surface area contributed by atoms with Crippen LogP contribution in [0.1, 0.15) is 24.8 Å². The van der Waals surface area contributed by atoms with Crippen LogP contribution in [0.2, 0.25) is 0 Å². The minimum atomic E-state index is -0.233. The Balaban J connectivity index is 1.28. The lowest BCUT2D eigenvalue weighted by Crippen LogP contribution is -2.64. The average molecular weight is 466 g/mol. The van der Waals surface area contributed by atoms with E-state index in [4.69, 9.17) is 9.47 Å². The summed E-state index contributed by atoms with van der Waals surface area (Å²) in [5.74, 6) is 1.70. The van der Waals surface area contributed by atoms with E-state index < -0.39 is 0 Å². The van der Waals surface area contributed by atoms with Crippen LogP contribution in [0.3, 0.4) is 0 Å². The van der Waals surface area contributed by atoms with Crippen molar-refractivity contribution in [3.05, 3.63) is 53.8 Å². The number of nitrogens with one attached hydrogen (secondary N) is 1. The maximum absolute atomic E-state index is 13.5. The molecule has 0 spiro atoms. The van der Waals surface area contributed by atoms with Gasteiger partial charge in [-0.2, -0.15) is 0 Å². The highest BCUT2D eigenvalue weighted by Gasteiger charge is 2.50. The molecule has 3 fully saturated rings. The maximum Gasteiger partial charge on any atom is 0.225 e. The number of halogens is 1. The van der Waals surface area contributed by atoms with Crippen LogP contribution in [-0.2, 0) is 11.2 Å². The van der Waals surface area contributed by atoms with Gasteiger partial charge in [0.05, 0.1) is 5.92 Å². The molecule has 1 N–H and O–H groups in total. The van der Waals surface area contributed by atoms with E-state index in [9.17, 15) is 9.18 Å². The Morgan fingerprint density at radius 2 is 1.71 bits per heavy atom. The lowest BCUT2D eigenvalue weighted by atomic mass is 9.77. The van der Waals surface area contributed by atoms with Gasteiger partial charge in [-0.05, 0) is 74.3 Å². The fraction of sp³-hybridized carbons (Fsp3) is 0.519. The zero-order valence-corrected chi connectivity index (χ0v) is 19.4. The molecule has 0 radical (unpaired) electrons. The van der Waals surface area contributed by atoms with Crippen LogP contribution in [-0.4, -0.2) is 62.3 Å². The molecule has 3 saturated heterocycles. The van der Waals surface area contributed by atoms with Gasteiger partial charge in [-0.15, -0.1) is 0 Å². The third kappa shape index (κ3) is 4.11. The maximum atomic E-state index is 13.5.